The highest BCUT2D eigenvalue weighted by Gasteiger charge is 2.27. The first kappa shape index (κ1) is 14.6. The van der Waals surface area contributed by atoms with Crippen molar-refractivity contribution in [1.29, 1.82) is 0 Å². The van der Waals surface area contributed by atoms with Crippen molar-refractivity contribution in [2.45, 2.75) is 19.4 Å². The molecular weight excluding hydrogens is 278 g/mol. The Kier molecular flexibility index (Phi) is 4.37. The fourth-order valence-corrected chi connectivity index (χ4v) is 2.88. The molecule has 6 nitrogen and oxygen atoms in total. The molecule has 1 saturated heterocycles. The predicted molar refractivity (Wildman–Crippen MR) is 84.6 cm³/mol. The quantitative estimate of drug-likeness (QED) is 0.860. The Hall–Kier alpha value is -2.37. The third-order valence-electron chi connectivity index (χ3n) is 4.12. The molecule has 1 aliphatic rings. The van der Waals surface area contributed by atoms with Gasteiger partial charge < -0.3 is 9.80 Å². The number of nitrogens with zero attached hydrogens (tertiary/aromatic N) is 5. The van der Waals surface area contributed by atoms with Crippen molar-refractivity contribution in [3.63, 3.8) is 0 Å². The van der Waals surface area contributed by atoms with Gasteiger partial charge in [-0.25, -0.2) is 0 Å². The van der Waals surface area contributed by atoms with Crippen LogP contribution >= 0.6 is 0 Å². The van der Waals surface area contributed by atoms with Gasteiger partial charge in [0.2, 0.25) is 5.91 Å². The van der Waals surface area contributed by atoms with E-state index in [9.17, 15) is 4.79 Å². The lowest BCUT2D eigenvalue weighted by molar-refractivity contribution is -0.135. The summed E-state index contributed by atoms with van der Waals surface area (Å²) in [5, 5.41) is 4.22. The Bertz CT molecular complexity index is 590. The lowest BCUT2D eigenvalue weighted by Crippen LogP contribution is -2.50. The Morgan fingerprint density at radius 2 is 2.05 bits per heavy atom. The zero-order valence-electron chi connectivity index (χ0n) is 12.8. The molecule has 22 heavy (non-hydrogen) atoms. The van der Waals surface area contributed by atoms with Crippen molar-refractivity contribution < 1.29 is 4.79 Å². The molecule has 6 heteroatoms. The smallest absolute Gasteiger partial charge is 0.247 e. The number of piperazine rings is 1. The SMILES string of the molecule is CC[C@H](C(=O)N1CCN(c2cccnc2)CC1)n1cccn1. The molecule has 0 N–H and O–H groups in total. The number of hydrogen-bond acceptors (Lipinski definition) is 4. The number of rotatable bonds is 4. The molecule has 116 valence electrons. The first-order valence-corrected chi connectivity index (χ1v) is 7.72. The van der Waals surface area contributed by atoms with Gasteiger partial charge in [-0.2, -0.15) is 5.10 Å². The van der Waals surface area contributed by atoms with Gasteiger partial charge in [-0.1, -0.05) is 6.92 Å². The highest BCUT2D eigenvalue weighted by atomic mass is 16.2. The van der Waals surface area contributed by atoms with E-state index in [-0.39, 0.29) is 11.9 Å². The van der Waals surface area contributed by atoms with Gasteiger partial charge in [-0.15, -0.1) is 0 Å². The second-order valence-corrected chi connectivity index (χ2v) is 5.43. The summed E-state index contributed by atoms with van der Waals surface area (Å²) in [4.78, 5) is 21.1. The van der Waals surface area contributed by atoms with E-state index in [1.54, 1.807) is 17.1 Å². The normalized spacial score (nSPS) is 16.6. The minimum absolute atomic E-state index is 0.164. The predicted octanol–water partition coefficient (Wildman–Crippen LogP) is 1.58. The molecule has 3 heterocycles. The topological polar surface area (TPSA) is 54.3 Å². The Balaban J connectivity index is 1.62. The molecule has 2 aromatic rings. The molecule has 1 fully saturated rings. The number of anilines is 1. The maximum absolute atomic E-state index is 12.7. The molecule has 1 atom stereocenters. The minimum atomic E-state index is -0.194. The molecule has 0 unspecified atom stereocenters. The average Bonchev–Trinajstić information content (AvgIpc) is 3.11. The van der Waals surface area contributed by atoms with E-state index in [4.69, 9.17) is 0 Å². The summed E-state index contributed by atoms with van der Waals surface area (Å²) in [6.07, 6.45) is 7.98. The van der Waals surface area contributed by atoms with E-state index < -0.39 is 0 Å². The van der Waals surface area contributed by atoms with Gasteiger partial charge in [0, 0.05) is 44.8 Å². The number of carbonyl (C=O) groups excluding carboxylic acids is 1. The Morgan fingerprint density at radius 1 is 1.23 bits per heavy atom. The molecule has 0 aromatic carbocycles. The van der Waals surface area contributed by atoms with E-state index in [0.717, 1.165) is 38.3 Å². The molecule has 0 radical (unpaired) electrons. The van der Waals surface area contributed by atoms with Crippen LogP contribution in [-0.2, 0) is 4.79 Å². The summed E-state index contributed by atoms with van der Waals surface area (Å²) in [6.45, 7) is 5.19. The first-order chi connectivity index (χ1) is 10.8. The molecule has 3 rings (SSSR count). The van der Waals surface area contributed by atoms with Gasteiger partial charge >= 0.3 is 0 Å². The Labute approximate surface area is 130 Å². The van der Waals surface area contributed by atoms with Gasteiger partial charge in [-0.05, 0) is 24.6 Å². The van der Waals surface area contributed by atoms with E-state index in [0.29, 0.717) is 0 Å². The number of hydrogen-bond donors (Lipinski definition) is 0. The van der Waals surface area contributed by atoms with Crippen LogP contribution in [-0.4, -0.2) is 51.8 Å². The van der Waals surface area contributed by atoms with Crippen LogP contribution in [0.5, 0.6) is 0 Å². The molecule has 1 aliphatic heterocycles. The average molecular weight is 299 g/mol. The summed E-state index contributed by atoms with van der Waals surface area (Å²) in [5.41, 5.74) is 1.12. The first-order valence-electron chi connectivity index (χ1n) is 7.72. The minimum Gasteiger partial charge on any atom is -0.367 e. The van der Waals surface area contributed by atoms with E-state index >= 15 is 0 Å². The van der Waals surface area contributed by atoms with Crippen LogP contribution in [0.2, 0.25) is 0 Å². The number of carbonyl (C=O) groups is 1. The van der Waals surface area contributed by atoms with Crippen LogP contribution in [0.25, 0.3) is 0 Å². The lowest BCUT2D eigenvalue weighted by atomic mass is 10.1. The second kappa shape index (κ2) is 6.60. The number of pyridine rings is 1. The Morgan fingerprint density at radius 3 is 2.64 bits per heavy atom. The van der Waals surface area contributed by atoms with Crippen molar-refractivity contribution in [3.8, 4) is 0 Å². The van der Waals surface area contributed by atoms with Crippen LogP contribution in [0.15, 0.2) is 43.0 Å². The van der Waals surface area contributed by atoms with Gasteiger partial charge in [-0.3, -0.25) is 14.5 Å². The summed E-state index contributed by atoms with van der Waals surface area (Å²) in [6, 6.07) is 5.66. The molecular formula is C16H21N5O. The zero-order valence-corrected chi connectivity index (χ0v) is 12.8. The van der Waals surface area contributed by atoms with Crippen LogP contribution in [0, 0.1) is 0 Å². The summed E-state index contributed by atoms with van der Waals surface area (Å²) in [5.74, 6) is 0.164. The van der Waals surface area contributed by atoms with Crippen molar-refractivity contribution in [2.75, 3.05) is 31.1 Å². The summed E-state index contributed by atoms with van der Waals surface area (Å²) >= 11 is 0. The van der Waals surface area contributed by atoms with Gasteiger partial charge in [0.05, 0.1) is 11.9 Å². The summed E-state index contributed by atoms with van der Waals surface area (Å²) in [7, 11) is 0. The van der Waals surface area contributed by atoms with Crippen molar-refractivity contribution >= 4 is 11.6 Å². The van der Waals surface area contributed by atoms with Gasteiger partial charge in [0.1, 0.15) is 6.04 Å². The fraction of sp³-hybridized carbons (Fsp3) is 0.438. The monoisotopic (exact) mass is 299 g/mol. The lowest BCUT2D eigenvalue weighted by Gasteiger charge is -2.37. The third-order valence-corrected chi connectivity index (χ3v) is 4.12. The largest absolute Gasteiger partial charge is 0.367 e. The standard InChI is InChI=1S/C16H21N5O/c1-2-15(21-8-4-7-18-21)16(22)20-11-9-19(10-12-20)14-5-3-6-17-13-14/h3-8,13,15H,2,9-12H2,1H3/t15-/m1/s1. The third kappa shape index (κ3) is 2.95. The molecule has 2 aromatic heterocycles. The van der Waals surface area contributed by atoms with E-state index in [1.807, 2.05) is 36.4 Å². The highest BCUT2D eigenvalue weighted by Crippen LogP contribution is 2.18. The number of amides is 1. The van der Waals surface area contributed by atoms with E-state index in [1.165, 1.54) is 0 Å². The molecule has 0 bridgehead atoms. The van der Waals surface area contributed by atoms with Gasteiger partial charge in [0.25, 0.3) is 0 Å². The maximum Gasteiger partial charge on any atom is 0.247 e. The summed E-state index contributed by atoms with van der Waals surface area (Å²) < 4.78 is 1.76. The number of aromatic nitrogens is 3. The second-order valence-electron chi connectivity index (χ2n) is 5.43. The van der Waals surface area contributed by atoms with Crippen LogP contribution < -0.4 is 4.90 Å². The van der Waals surface area contributed by atoms with Crippen LogP contribution in [0.4, 0.5) is 5.69 Å². The van der Waals surface area contributed by atoms with E-state index in [2.05, 4.69) is 21.0 Å². The molecule has 1 amide bonds. The van der Waals surface area contributed by atoms with Crippen molar-refractivity contribution in [2.24, 2.45) is 0 Å². The highest BCUT2D eigenvalue weighted by molar-refractivity contribution is 5.80. The molecule has 0 saturated carbocycles. The maximum atomic E-state index is 12.7. The molecule has 0 spiro atoms. The fourth-order valence-electron chi connectivity index (χ4n) is 2.88. The van der Waals surface area contributed by atoms with Gasteiger partial charge in [0.15, 0.2) is 0 Å². The van der Waals surface area contributed by atoms with Crippen molar-refractivity contribution in [1.82, 2.24) is 19.7 Å². The van der Waals surface area contributed by atoms with Crippen molar-refractivity contribution in [3.05, 3.63) is 43.0 Å². The van der Waals surface area contributed by atoms with Crippen LogP contribution in [0.1, 0.15) is 19.4 Å². The van der Waals surface area contributed by atoms with Crippen LogP contribution in [0.3, 0.4) is 0 Å². The zero-order chi connectivity index (χ0) is 15.4. The molecule has 0 aliphatic carbocycles.